The van der Waals surface area contributed by atoms with Crippen molar-refractivity contribution in [1.82, 2.24) is 4.90 Å². The van der Waals surface area contributed by atoms with Crippen molar-refractivity contribution in [3.05, 3.63) is 77.1 Å². The zero-order valence-electron chi connectivity index (χ0n) is 12.4. The average molecular weight is 325 g/mol. The van der Waals surface area contributed by atoms with Crippen LogP contribution >= 0.6 is 0 Å². The molecule has 1 aliphatic rings. The second-order valence-corrected chi connectivity index (χ2v) is 5.06. The maximum absolute atomic E-state index is 13.0. The van der Waals surface area contributed by atoms with Gasteiger partial charge in [0.15, 0.2) is 6.73 Å². The number of fused-ring (bicyclic) bond motifs is 1. The fraction of sp³-hybridized carbons (Fsp3) is 0.0556. The van der Waals surface area contributed by atoms with E-state index in [1.54, 1.807) is 30.3 Å². The fourth-order valence-corrected chi connectivity index (χ4v) is 2.31. The Hall–Kier alpha value is -3.28. The van der Waals surface area contributed by atoms with Gasteiger partial charge in [0.2, 0.25) is 0 Å². The number of halogens is 1. The minimum absolute atomic E-state index is 0.286. The van der Waals surface area contributed by atoms with E-state index in [0.29, 0.717) is 5.56 Å². The van der Waals surface area contributed by atoms with Crippen LogP contribution in [0.4, 0.5) is 4.39 Å². The van der Waals surface area contributed by atoms with Crippen molar-refractivity contribution < 1.29 is 23.5 Å². The highest BCUT2D eigenvalue weighted by atomic mass is 19.1. The van der Waals surface area contributed by atoms with Crippen LogP contribution in [-0.4, -0.2) is 29.4 Å². The number of nitrogens with zero attached hydrogens (tertiary/aromatic N) is 1. The van der Waals surface area contributed by atoms with Crippen molar-refractivity contribution in [2.24, 2.45) is 0 Å². The Labute approximate surface area is 137 Å². The number of hydrogen-bond donors (Lipinski definition) is 0. The van der Waals surface area contributed by atoms with Gasteiger partial charge in [-0.25, -0.2) is 14.1 Å². The number of benzene rings is 2. The second kappa shape index (κ2) is 6.45. The highest BCUT2D eigenvalue weighted by molar-refractivity contribution is 6.21. The number of carbonyl (C=O) groups excluding carboxylic acids is 3. The molecule has 0 N–H and O–H groups in total. The van der Waals surface area contributed by atoms with E-state index in [1.165, 1.54) is 24.3 Å². The second-order valence-electron chi connectivity index (χ2n) is 5.06. The monoisotopic (exact) mass is 325 g/mol. The lowest BCUT2D eigenvalue weighted by molar-refractivity contribution is -0.140. The number of rotatable bonds is 4. The van der Waals surface area contributed by atoms with Gasteiger partial charge in [0, 0.05) is 6.08 Å². The fourth-order valence-electron chi connectivity index (χ4n) is 2.31. The Morgan fingerprint density at radius 1 is 1.04 bits per heavy atom. The van der Waals surface area contributed by atoms with Gasteiger partial charge >= 0.3 is 5.97 Å². The van der Waals surface area contributed by atoms with Gasteiger partial charge < -0.3 is 4.74 Å². The molecule has 5 nitrogen and oxygen atoms in total. The van der Waals surface area contributed by atoms with Gasteiger partial charge in [0.1, 0.15) is 5.82 Å². The largest absolute Gasteiger partial charge is 0.441 e. The molecule has 2 amide bonds. The van der Waals surface area contributed by atoms with E-state index < -0.39 is 30.3 Å². The summed E-state index contributed by atoms with van der Waals surface area (Å²) in [6, 6.07) is 12.1. The van der Waals surface area contributed by atoms with E-state index in [0.717, 1.165) is 11.0 Å². The lowest BCUT2D eigenvalue weighted by Crippen LogP contribution is -2.32. The normalized spacial score (nSPS) is 13.5. The standard InChI is InChI=1S/C18H12FNO4/c19-13-5-3-4-12(10-13)8-9-16(21)24-11-20-17(22)14-6-1-2-7-15(14)18(20)23/h1-10H,11H2. The van der Waals surface area contributed by atoms with Crippen LogP contribution in [0.5, 0.6) is 0 Å². The third kappa shape index (κ3) is 3.08. The summed E-state index contributed by atoms with van der Waals surface area (Å²) in [5.74, 6) is -2.16. The first-order chi connectivity index (χ1) is 11.6. The summed E-state index contributed by atoms with van der Waals surface area (Å²) in [5.41, 5.74) is 1.07. The predicted octanol–water partition coefficient (Wildman–Crippen LogP) is 2.64. The molecule has 3 rings (SSSR count). The van der Waals surface area contributed by atoms with Crippen molar-refractivity contribution in [3.8, 4) is 0 Å². The Morgan fingerprint density at radius 3 is 2.33 bits per heavy atom. The molecule has 24 heavy (non-hydrogen) atoms. The van der Waals surface area contributed by atoms with Crippen LogP contribution in [0.25, 0.3) is 6.08 Å². The summed E-state index contributed by atoms with van der Waals surface area (Å²) in [6.45, 7) is -0.474. The van der Waals surface area contributed by atoms with Crippen LogP contribution in [0.1, 0.15) is 26.3 Å². The summed E-state index contributed by atoms with van der Waals surface area (Å²) in [4.78, 5) is 36.7. The molecular formula is C18H12FNO4. The molecule has 0 aliphatic carbocycles. The van der Waals surface area contributed by atoms with E-state index in [-0.39, 0.29) is 11.1 Å². The van der Waals surface area contributed by atoms with Crippen LogP contribution < -0.4 is 0 Å². The third-order valence-corrected chi connectivity index (χ3v) is 3.47. The Morgan fingerprint density at radius 2 is 1.71 bits per heavy atom. The van der Waals surface area contributed by atoms with Crippen molar-refractivity contribution in [1.29, 1.82) is 0 Å². The lowest BCUT2D eigenvalue weighted by atomic mass is 10.1. The Kier molecular flexibility index (Phi) is 4.20. The summed E-state index contributed by atoms with van der Waals surface area (Å²) in [5, 5.41) is 0. The highest BCUT2D eigenvalue weighted by Gasteiger charge is 2.35. The molecular weight excluding hydrogens is 313 g/mol. The number of amides is 2. The van der Waals surface area contributed by atoms with E-state index >= 15 is 0 Å². The van der Waals surface area contributed by atoms with E-state index in [2.05, 4.69) is 0 Å². The van der Waals surface area contributed by atoms with Crippen LogP contribution in [0, 0.1) is 5.82 Å². The summed E-state index contributed by atoms with van der Waals surface area (Å²) in [7, 11) is 0. The molecule has 0 radical (unpaired) electrons. The van der Waals surface area contributed by atoms with Gasteiger partial charge in [-0.15, -0.1) is 0 Å². The maximum Gasteiger partial charge on any atom is 0.332 e. The third-order valence-electron chi connectivity index (χ3n) is 3.47. The van der Waals surface area contributed by atoms with Gasteiger partial charge in [-0.2, -0.15) is 0 Å². The van der Waals surface area contributed by atoms with Crippen LogP contribution in [0.15, 0.2) is 54.6 Å². The molecule has 0 saturated carbocycles. The number of carbonyl (C=O) groups is 3. The Balaban J connectivity index is 1.61. The van der Waals surface area contributed by atoms with E-state index in [9.17, 15) is 18.8 Å². The SMILES string of the molecule is O=C(C=Cc1cccc(F)c1)OCN1C(=O)c2ccccc2C1=O. The summed E-state index contributed by atoms with van der Waals surface area (Å²) < 4.78 is 17.9. The molecule has 120 valence electrons. The first kappa shape index (κ1) is 15.6. The first-order valence-corrected chi connectivity index (χ1v) is 7.12. The summed E-state index contributed by atoms with van der Waals surface area (Å²) in [6.07, 6.45) is 2.49. The topological polar surface area (TPSA) is 63.7 Å². The zero-order valence-corrected chi connectivity index (χ0v) is 12.4. The summed E-state index contributed by atoms with van der Waals surface area (Å²) >= 11 is 0. The van der Waals surface area contributed by atoms with Gasteiger partial charge in [-0.1, -0.05) is 24.3 Å². The maximum atomic E-state index is 13.0. The molecule has 0 aromatic heterocycles. The van der Waals surface area contributed by atoms with Crippen LogP contribution in [0.3, 0.4) is 0 Å². The van der Waals surface area contributed by atoms with E-state index in [4.69, 9.17) is 4.74 Å². The van der Waals surface area contributed by atoms with Crippen molar-refractivity contribution in [2.75, 3.05) is 6.73 Å². The number of esters is 1. The van der Waals surface area contributed by atoms with Crippen molar-refractivity contribution >= 4 is 23.9 Å². The molecule has 6 heteroatoms. The lowest BCUT2D eigenvalue weighted by Gasteiger charge is -2.12. The zero-order chi connectivity index (χ0) is 17.1. The van der Waals surface area contributed by atoms with Crippen molar-refractivity contribution in [2.45, 2.75) is 0 Å². The molecule has 0 unspecified atom stereocenters. The van der Waals surface area contributed by atoms with Gasteiger partial charge in [-0.3, -0.25) is 9.59 Å². The number of ether oxygens (including phenoxy) is 1. The minimum atomic E-state index is -0.740. The molecule has 0 spiro atoms. The molecule has 1 heterocycles. The first-order valence-electron chi connectivity index (χ1n) is 7.12. The smallest absolute Gasteiger partial charge is 0.332 e. The predicted molar refractivity (Wildman–Crippen MR) is 83.3 cm³/mol. The van der Waals surface area contributed by atoms with Crippen LogP contribution in [-0.2, 0) is 9.53 Å². The van der Waals surface area contributed by atoms with Gasteiger partial charge in [-0.05, 0) is 35.9 Å². The highest BCUT2D eigenvalue weighted by Crippen LogP contribution is 2.22. The molecule has 1 aliphatic heterocycles. The molecule has 2 aromatic carbocycles. The Bertz CT molecular complexity index is 825. The van der Waals surface area contributed by atoms with Crippen LogP contribution in [0.2, 0.25) is 0 Å². The quantitative estimate of drug-likeness (QED) is 0.492. The molecule has 0 fully saturated rings. The number of imide groups is 1. The van der Waals surface area contributed by atoms with Gasteiger partial charge in [0.05, 0.1) is 11.1 Å². The number of hydrogen-bond acceptors (Lipinski definition) is 4. The van der Waals surface area contributed by atoms with E-state index in [1.807, 2.05) is 0 Å². The molecule has 0 saturated heterocycles. The van der Waals surface area contributed by atoms with Gasteiger partial charge in [0.25, 0.3) is 11.8 Å². The van der Waals surface area contributed by atoms with Crippen molar-refractivity contribution in [3.63, 3.8) is 0 Å². The average Bonchev–Trinajstić information content (AvgIpc) is 2.83. The minimum Gasteiger partial charge on any atom is -0.441 e. The molecule has 0 atom stereocenters. The molecule has 2 aromatic rings. The molecule has 0 bridgehead atoms.